The fourth-order valence-corrected chi connectivity index (χ4v) is 1.85. The van der Waals surface area contributed by atoms with Gasteiger partial charge in [0.15, 0.2) is 0 Å². The van der Waals surface area contributed by atoms with Crippen LogP contribution in [0.3, 0.4) is 0 Å². The van der Waals surface area contributed by atoms with Gasteiger partial charge in [0.2, 0.25) is 0 Å². The summed E-state index contributed by atoms with van der Waals surface area (Å²) in [6, 6.07) is 6.03. The van der Waals surface area contributed by atoms with Gasteiger partial charge in [0.25, 0.3) is 5.69 Å². The normalized spacial score (nSPS) is 18.0. The first-order valence-electron chi connectivity index (χ1n) is 6.02. The van der Waals surface area contributed by atoms with Crippen LogP contribution in [-0.4, -0.2) is 30.1 Å². The number of ether oxygens (including phenoxy) is 1. The Morgan fingerprint density at radius 2 is 2.21 bits per heavy atom. The molecule has 1 saturated heterocycles. The van der Waals surface area contributed by atoms with Gasteiger partial charge >= 0.3 is 6.09 Å². The molecule has 1 fully saturated rings. The molecule has 1 aliphatic heterocycles. The number of nitro benzene ring substituents is 1. The summed E-state index contributed by atoms with van der Waals surface area (Å²) in [5.74, 6) is 0. The molecule has 1 atom stereocenters. The van der Waals surface area contributed by atoms with E-state index in [1.807, 2.05) is 0 Å². The van der Waals surface area contributed by atoms with E-state index in [2.05, 4.69) is 10.6 Å². The molecule has 2 rings (SSSR count). The van der Waals surface area contributed by atoms with Crippen LogP contribution in [0.1, 0.15) is 12.0 Å². The van der Waals surface area contributed by atoms with E-state index in [0.29, 0.717) is 5.56 Å². The summed E-state index contributed by atoms with van der Waals surface area (Å²) in [5, 5.41) is 16.4. The summed E-state index contributed by atoms with van der Waals surface area (Å²) in [6.45, 7) is 1.75. The number of nitro groups is 1. The summed E-state index contributed by atoms with van der Waals surface area (Å²) in [5.41, 5.74) is 0.732. The van der Waals surface area contributed by atoms with Gasteiger partial charge in [0.1, 0.15) is 6.61 Å². The van der Waals surface area contributed by atoms with Gasteiger partial charge in [-0.3, -0.25) is 10.1 Å². The molecule has 0 spiro atoms. The number of carbonyl (C=O) groups excluding carboxylic acids is 1. The number of nitrogens with one attached hydrogen (secondary N) is 2. The highest BCUT2D eigenvalue weighted by Gasteiger charge is 2.17. The number of hydrogen-bond donors (Lipinski definition) is 2. The number of non-ortho nitro benzene ring substituents is 1. The van der Waals surface area contributed by atoms with Gasteiger partial charge in [0, 0.05) is 24.7 Å². The minimum atomic E-state index is -0.468. The monoisotopic (exact) mass is 265 g/mol. The number of amides is 1. The van der Waals surface area contributed by atoms with E-state index in [1.165, 1.54) is 12.1 Å². The first-order chi connectivity index (χ1) is 9.15. The third-order valence-corrected chi connectivity index (χ3v) is 2.90. The molecule has 19 heavy (non-hydrogen) atoms. The highest BCUT2D eigenvalue weighted by Crippen LogP contribution is 2.12. The molecule has 1 aromatic carbocycles. The number of alkyl carbamates (subject to hydrolysis) is 1. The summed E-state index contributed by atoms with van der Waals surface area (Å²) in [6.07, 6.45) is 0.430. The maximum Gasteiger partial charge on any atom is 0.407 e. The molecular formula is C12H15N3O4. The maximum absolute atomic E-state index is 11.5. The quantitative estimate of drug-likeness (QED) is 0.630. The zero-order valence-corrected chi connectivity index (χ0v) is 10.3. The molecule has 0 unspecified atom stereocenters. The SMILES string of the molecule is O=C(N[C@H]1CCNC1)OCc1ccc([N+](=O)[O-])cc1. The van der Waals surface area contributed by atoms with Crippen LogP contribution in [0.15, 0.2) is 24.3 Å². The fraction of sp³-hybridized carbons (Fsp3) is 0.417. The molecule has 2 N–H and O–H groups in total. The molecule has 0 aliphatic carbocycles. The van der Waals surface area contributed by atoms with Crippen molar-refractivity contribution in [2.45, 2.75) is 19.1 Å². The number of benzene rings is 1. The Bertz CT molecular complexity index is 455. The predicted molar refractivity (Wildman–Crippen MR) is 67.7 cm³/mol. The second-order valence-electron chi connectivity index (χ2n) is 4.33. The molecule has 1 amide bonds. The van der Waals surface area contributed by atoms with Crippen LogP contribution in [0.2, 0.25) is 0 Å². The molecule has 7 nitrogen and oxygen atoms in total. The van der Waals surface area contributed by atoms with Crippen LogP contribution in [-0.2, 0) is 11.3 Å². The minimum absolute atomic E-state index is 0.0187. The molecule has 1 aliphatic rings. The van der Waals surface area contributed by atoms with Crippen molar-refractivity contribution < 1.29 is 14.5 Å². The van der Waals surface area contributed by atoms with E-state index in [0.717, 1.165) is 19.5 Å². The standard InChI is InChI=1S/C12H15N3O4/c16-12(14-10-5-6-13-7-10)19-8-9-1-3-11(4-2-9)15(17)18/h1-4,10,13H,5-8H2,(H,14,16)/t10-/m0/s1. The van der Waals surface area contributed by atoms with Crippen molar-refractivity contribution in [1.29, 1.82) is 0 Å². The number of nitrogens with zero attached hydrogens (tertiary/aromatic N) is 1. The predicted octanol–water partition coefficient (Wildman–Crippen LogP) is 1.18. The Hall–Kier alpha value is -2.15. The lowest BCUT2D eigenvalue weighted by atomic mass is 10.2. The fourth-order valence-electron chi connectivity index (χ4n) is 1.85. The number of carbonyl (C=O) groups is 1. The van der Waals surface area contributed by atoms with Gasteiger partial charge in [0.05, 0.1) is 4.92 Å². The van der Waals surface area contributed by atoms with Crippen molar-refractivity contribution in [3.05, 3.63) is 39.9 Å². The van der Waals surface area contributed by atoms with Crippen LogP contribution in [0.4, 0.5) is 10.5 Å². The third-order valence-electron chi connectivity index (χ3n) is 2.90. The van der Waals surface area contributed by atoms with Crippen LogP contribution in [0.25, 0.3) is 0 Å². The zero-order chi connectivity index (χ0) is 13.7. The lowest BCUT2D eigenvalue weighted by Crippen LogP contribution is -2.36. The Balaban J connectivity index is 1.77. The van der Waals surface area contributed by atoms with Gasteiger partial charge in [-0.15, -0.1) is 0 Å². The average molecular weight is 265 g/mol. The van der Waals surface area contributed by atoms with Crippen LogP contribution in [0.5, 0.6) is 0 Å². The van der Waals surface area contributed by atoms with Gasteiger partial charge < -0.3 is 15.4 Å². The summed E-state index contributed by atoms with van der Waals surface area (Å²) in [7, 11) is 0. The minimum Gasteiger partial charge on any atom is -0.445 e. The topological polar surface area (TPSA) is 93.5 Å². The Kier molecular flexibility index (Phi) is 4.30. The second kappa shape index (κ2) is 6.14. The zero-order valence-electron chi connectivity index (χ0n) is 10.3. The largest absolute Gasteiger partial charge is 0.445 e. The molecule has 1 heterocycles. The van der Waals surface area contributed by atoms with Gasteiger partial charge in [-0.25, -0.2) is 4.79 Å². The van der Waals surface area contributed by atoms with E-state index < -0.39 is 11.0 Å². The van der Waals surface area contributed by atoms with Gasteiger partial charge in [-0.2, -0.15) is 0 Å². The Morgan fingerprint density at radius 1 is 1.47 bits per heavy atom. The number of rotatable bonds is 4. The first kappa shape index (κ1) is 13.3. The van der Waals surface area contributed by atoms with E-state index in [4.69, 9.17) is 4.74 Å². The maximum atomic E-state index is 11.5. The lowest BCUT2D eigenvalue weighted by molar-refractivity contribution is -0.384. The van der Waals surface area contributed by atoms with E-state index in [-0.39, 0.29) is 18.3 Å². The number of hydrogen-bond acceptors (Lipinski definition) is 5. The average Bonchev–Trinajstić information content (AvgIpc) is 2.89. The first-order valence-corrected chi connectivity index (χ1v) is 6.02. The Labute approximate surface area is 110 Å². The molecule has 102 valence electrons. The van der Waals surface area contributed by atoms with Crippen molar-refractivity contribution in [3.8, 4) is 0 Å². The third kappa shape index (κ3) is 3.92. The molecule has 0 radical (unpaired) electrons. The summed E-state index contributed by atoms with van der Waals surface area (Å²) in [4.78, 5) is 21.5. The van der Waals surface area contributed by atoms with E-state index in [1.54, 1.807) is 12.1 Å². The highest BCUT2D eigenvalue weighted by atomic mass is 16.6. The molecule has 0 saturated carbocycles. The molecular weight excluding hydrogens is 250 g/mol. The Morgan fingerprint density at radius 3 is 2.79 bits per heavy atom. The molecule has 7 heteroatoms. The molecule has 0 bridgehead atoms. The molecule has 0 aromatic heterocycles. The van der Waals surface area contributed by atoms with Gasteiger partial charge in [-0.1, -0.05) is 0 Å². The van der Waals surface area contributed by atoms with Crippen molar-refractivity contribution in [1.82, 2.24) is 10.6 Å². The molecule has 1 aromatic rings. The van der Waals surface area contributed by atoms with E-state index in [9.17, 15) is 14.9 Å². The van der Waals surface area contributed by atoms with Crippen LogP contribution in [0, 0.1) is 10.1 Å². The van der Waals surface area contributed by atoms with Crippen LogP contribution >= 0.6 is 0 Å². The van der Waals surface area contributed by atoms with E-state index >= 15 is 0 Å². The lowest BCUT2D eigenvalue weighted by Gasteiger charge is -2.11. The second-order valence-corrected chi connectivity index (χ2v) is 4.33. The van der Waals surface area contributed by atoms with Crippen molar-refractivity contribution in [2.75, 3.05) is 13.1 Å². The summed E-state index contributed by atoms with van der Waals surface area (Å²) < 4.78 is 5.04. The van der Waals surface area contributed by atoms with Crippen molar-refractivity contribution in [2.24, 2.45) is 0 Å². The smallest absolute Gasteiger partial charge is 0.407 e. The van der Waals surface area contributed by atoms with Crippen molar-refractivity contribution in [3.63, 3.8) is 0 Å². The van der Waals surface area contributed by atoms with Crippen molar-refractivity contribution >= 4 is 11.8 Å². The van der Waals surface area contributed by atoms with Gasteiger partial charge in [-0.05, 0) is 30.7 Å². The van der Waals surface area contributed by atoms with Crippen LogP contribution < -0.4 is 10.6 Å². The summed E-state index contributed by atoms with van der Waals surface area (Å²) >= 11 is 0. The highest BCUT2D eigenvalue weighted by molar-refractivity contribution is 5.67.